The summed E-state index contributed by atoms with van der Waals surface area (Å²) in [6, 6.07) is 55.7. The third kappa shape index (κ3) is 4.25. The molecule has 0 spiro atoms. The number of nitrogens with zero attached hydrogens (tertiary/aromatic N) is 1. The highest BCUT2D eigenvalue weighted by atomic mass is 32.1. The van der Waals surface area contributed by atoms with Gasteiger partial charge in [-0.25, -0.2) is 0 Å². The summed E-state index contributed by atoms with van der Waals surface area (Å²) in [4.78, 5) is 3.79. The molecule has 7 aromatic carbocycles. The average molecular weight is 631 g/mol. The first-order valence-corrected chi connectivity index (χ1v) is 17.3. The van der Waals surface area contributed by atoms with Crippen molar-refractivity contribution in [1.29, 1.82) is 0 Å². The van der Waals surface area contributed by atoms with Gasteiger partial charge in [0.25, 0.3) is 0 Å². The molecule has 1 N–H and O–H groups in total. The number of nitrogens with one attached hydrogen (secondary N) is 1. The van der Waals surface area contributed by atoms with Crippen molar-refractivity contribution in [2.24, 2.45) is 0 Å². The molecule has 0 saturated heterocycles. The van der Waals surface area contributed by atoms with E-state index in [9.17, 15) is 0 Å². The van der Waals surface area contributed by atoms with Crippen LogP contribution in [0.15, 0.2) is 158 Å². The van der Waals surface area contributed by atoms with E-state index in [2.05, 4.69) is 174 Å². The molecular weight excluding hydrogens is 601 g/mol. The Hall–Kier alpha value is -5.90. The lowest BCUT2D eigenvalue weighted by molar-refractivity contribution is 0.871. The summed E-state index contributed by atoms with van der Waals surface area (Å²) < 4.78 is 1.31. The number of rotatable bonds is 5. The fraction of sp³-hybridized carbons (Fsp3) is 0.0222. The minimum absolute atomic E-state index is 0.829. The normalized spacial score (nSPS) is 12.6. The van der Waals surface area contributed by atoms with Crippen LogP contribution in [0.5, 0.6) is 0 Å². The number of anilines is 3. The van der Waals surface area contributed by atoms with E-state index in [-0.39, 0.29) is 0 Å². The lowest BCUT2D eigenvalue weighted by Gasteiger charge is -2.28. The van der Waals surface area contributed by atoms with Crippen LogP contribution in [0.4, 0.5) is 17.1 Å². The summed E-state index contributed by atoms with van der Waals surface area (Å²) in [5.74, 6) is 0. The maximum atomic E-state index is 3.47. The van der Waals surface area contributed by atoms with Crippen LogP contribution in [0.25, 0.3) is 71.4 Å². The Morgan fingerprint density at radius 2 is 1.15 bits per heavy atom. The second-order valence-electron chi connectivity index (χ2n) is 12.6. The van der Waals surface area contributed by atoms with Crippen LogP contribution >= 0.6 is 11.3 Å². The van der Waals surface area contributed by atoms with E-state index < -0.39 is 0 Å². The van der Waals surface area contributed by atoms with Crippen molar-refractivity contribution in [2.45, 2.75) is 6.54 Å². The molecular formula is C45H30N2S. The van der Waals surface area contributed by atoms with Crippen molar-refractivity contribution in [3.63, 3.8) is 0 Å². The standard InChI is InChI=1S/C45H30N2S/c1-2-7-29(8-3-1)30-15-17-31(18-16-30)32-19-21-34(22-20-32)47(41-13-6-14-43-45(41)40-28-46-26-25-42(40)48-43)35-23-24-36-37-11-4-9-33-10-5-12-38(44(33)37)39(36)27-35/h1-27,46H,28H2. The molecule has 1 aliphatic carbocycles. The van der Waals surface area contributed by atoms with Crippen molar-refractivity contribution in [1.82, 2.24) is 5.32 Å². The van der Waals surface area contributed by atoms with Crippen molar-refractivity contribution < 1.29 is 0 Å². The predicted octanol–water partition coefficient (Wildman–Crippen LogP) is 12.6. The van der Waals surface area contributed by atoms with Crippen molar-refractivity contribution in [3.05, 3.63) is 168 Å². The molecule has 0 atom stereocenters. The topological polar surface area (TPSA) is 15.3 Å². The Kier molecular flexibility index (Phi) is 6.15. The van der Waals surface area contributed by atoms with E-state index in [1.165, 1.54) is 81.5 Å². The van der Waals surface area contributed by atoms with Gasteiger partial charge in [-0.1, -0.05) is 115 Å². The van der Waals surface area contributed by atoms with E-state index in [1.807, 2.05) is 11.3 Å². The van der Waals surface area contributed by atoms with Gasteiger partial charge in [-0.3, -0.25) is 0 Å². The number of fused-ring (bicyclic) bond motifs is 6. The van der Waals surface area contributed by atoms with Crippen molar-refractivity contribution >= 4 is 55.3 Å². The molecule has 3 heteroatoms. The first-order valence-electron chi connectivity index (χ1n) is 16.5. The van der Waals surface area contributed by atoms with E-state index in [4.69, 9.17) is 0 Å². The Bertz CT molecular complexity index is 2540. The van der Waals surface area contributed by atoms with Crippen LogP contribution in [0, 0.1) is 0 Å². The lowest BCUT2D eigenvalue weighted by atomic mass is 9.99. The fourth-order valence-electron chi connectivity index (χ4n) is 7.64. The van der Waals surface area contributed by atoms with E-state index in [0.717, 1.165) is 17.9 Å². The summed E-state index contributed by atoms with van der Waals surface area (Å²) in [6.45, 7) is 0.829. The number of thiophene rings is 1. The predicted molar refractivity (Wildman–Crippen MR) is 205 cm³/mol. The second-order valence-corrected chi connectivity index (χ2v) is 13.7. The quantitative estimate of drug-likeness (QED) is 0.204. The summed E-state index contributed by atoms with van der Waals surface area (Å²) in [6.07, 6.45) is 4.28. The van der Waals surface area contributed by atoms with Gasteiger partial charge in [0.1, 0.15) is 0 Å². The molecule has 1 aromatic heterocycles. The van der Waals surface area contributed by atoms with Gasteiger partial charge in [-0.2, -0.15) is 0 Å². The number of hydrogen-bond acceptors (Lipinski definition) is 3. The van der Waals surface area contributed by atoms with Crippen LogP contribution < -0.4 is 10.2 Å². The largest absolute Gasteiger partial charge is 0.387 e. The molecule has 8 aromatic rings. The highest BCUT2D eigenvalue weighted by molar-refractivity contribution is 7.20. The van der Waals surface area contributed by atoms with Gasteiger partial charge in [-0.15, -0.1) is 11.3 Å². The number of hydrogen-bond donors (Lipinski definition) is 1. The molecule has 0 bridgehead atoms. The van der Waals surface area contributed by atoms with Gasteiger partial charge < -0.3 is 10.2 Å². The molecule has 0 saturated carbocycles. The fourth-order valence-corrected chi connectivity index (χ4v) is 8.78. The molecule has 0 unspecified atom stereocenters. The van der Waals surface area contributed by atoms with Crippen LogP contribution in [0.1, 0.15) is 10.4 Å². The third-order valence-corrected chi connectivity index (χ3v) is 11.1. The molecule has 2 heterocycles. The first kappa shape index (κ1) is 27.2. The van der Waals surface area contributed by atoms with Crippen LogP contribution in [0.2, 0.25) is 0 Å². The monoisotopic (exact) mass is 630 g/mol. The summed E-state index contributed by atoms with van der Waals surface area (Å²) >= 11 is 1.88. The molecule has 2 aliphatic rings. The van der Waals surface area contributed by atoms with Gasteiger partial charge in [-0.05, 0) is 110 Å². The molecule has 0 radical (unpaired) electrons. The molecule has 226 valence electrons. The highest BCUT2D eigenvalue weighted by Crippen LogP contribution is 2.51. The third-order valence-electron chi connectivity index (χ3n) is 9.89. The Balaban J connectivity index is 1.12. The minimum Gasteiger partial charge on any atom is -0.387 e. The smallest absolute Gasteiger partial charge is 0.0552 e. The molecule has 1 aliphatic heterocycles. The lowest BCUT2D eigenvalue weighted by Crippen LogP contribution is -2.13. The summed E-state index contributed by atoms with van der Waals surface area (Å²) in [5, 5.41) is 7.44. The Morgan fingerprint density at radius 3 is 1.90 bits per heavy atom. The second kappa shape index (κ2) is 10.8. The number of benzene rings is 7. The first-order chi connectivity index (χ1) is 23.8. The maximum absolute atomic E-state index is 3.47. The molecule has 10 rings (SSSR count). The Morgan fingerprint density at radius 1 is 0.500 bits per heavy atom. The maximum Gasteiger partial charge on any atom is 0.0552 e. The highest BCUT2D eigenvalue weighted by Gasteiger charge is 2.25. The molecule has 0 fully saturated rings. The van der Waals surface area contributed by atoms with E-state index in [1.54, 1.807) is 0 Å². The molecule has 48 heavy (non-hydrogen) atoms. The molecule has 2 nitrogen and oxygen atoms in total. The minimum atomic E-state index is 0.829. The summed E-state index contributed by atoms with van der Waals surface area (Å²) in [5.41, 5.74) is 15.0. The van der Waals surface area contributed by atoms with Gasteiger partial charge in [0.2, 0.25) is 0 Å². The van der Waals surface area contributed by atoms with Gasteiger partial charge >= 0.3 is 0 Å². The zero-order chi connectivity index (χ0) is 31.6. The van der Waals surface area contributed by atoms with Crippen LogP contribution in [0.3, 0.4) is 0 Å². The molecule has 0 amide bonds. The zero-order valence-electron chi connectivity index (χ0n) is 26.2. The van der Waals surface area contributed by atoms with Crippen LogP contribution in [-0.2, 0) is 6.54 Å². The van der Waals surface area contributed by atoms with E-state index in [0.29, 0.717) is 0 Å². The van der Waals surface area contributed by atoms with Crippen molar-refractivity contribution in [2.75, 3.05) is 4.90 Å². The van der Waals surface area contributed by atoms with Gasteiger partial charge in [0.15, 0.2) is 0 Å². The summed E-state index contributed by atoms with van der Waals surface area (Å²) in [7, 11) is 0. The average Bonchev–Trinajstić information content (AvgIpc) is 3.70. The van der Waals surface area contributed by atoms with Crippen LogP contribution in [-0.4, -0.2) is 0 Å². The Labute approximate surface area is 283 Å². The SMILES string of the molecule is C1=Cc2sc3cccc(N(c4ccc(-c5ccc(-c6ccccc6)cc5)cc4)c4ccc5c(c4)-c4cccc6cccc-5c46)c3c2CN1. The van der Waals surface area contributed by atoms with Crippen molar-refractivity contribution in [3.8, 4) is 44.5 Å². The zero-order valence-corrected chi connectivity index (χ0v) is 27.0. The van der Waals surface area contributed by atoms with Gasteiger partial charge in [0.05, 0.1) is 5.69 Å². The van der Waals surface area contributed by atoms with Gasteiger partial charge in [0, 0.05) is 32.9 Å². The van der Waals surface area contributed by atoms with E-state index >= 15 is 0 Å².